The van der Waals surface area contributed by atoms with Gasteiger partial charge in [0.05, 0.1) is 18.8 Å². The first-order valence-corrected chi connectivity index (χ1v) is 6.63. The third kappa shape index (κ3) is 3.44. The number of rotatable bonds is 5. The third-order valence-electron chi connectivity index (χ3n) is 3.77. The lowest BCUT2D eigenvalue weighted by Gasteiger charge is -2.39. The Labute approximate surface area is 99.8 Å². The van der Waals surface area contributed by atoms with Gasteiger partial charge in [-0.2, -0.15) is 0 Å². The van der Waals surface area contributed by atoms with Crippen molar-refractivity contribution in [3.8, 4) is 0 Å². The van der Waals surface area contributed by atoms with Crippen molar-refractivity contribution < 1.29 is 9.84 Å². The summed E-state index contributed by atoms with van der Waals surface area (Å²) in [5.74, 6) is 0.372. The Morgan fingerprint density at radius 3 is 2.44 bits per heavy atom. The number of hydrogen-bond donors (Lipinski definition) is 1. The van der Waals surface area contributed by atoms with Gasteiger partial charge in [-0.3, -0.25) is 4.90 Å². The van der Waals surface area contributed by atoms with E-state index in [9.17, 15) is 5.11 Å². The molecule has 1 heterocycles. The molecular formula is C13H27NO2. The van der Waals surface area contributed by atoms with Crippen LogP contribution in [0.3, 0.4) is 0 Å². The van der Waals surface area contributed by atoms with Gasteiger partial charge in [-0.25, -0.2) is 0 Å². The summed E-state index contributed by atoms with van der Waals surface area (Å²) in [4.78, 5) is 2.39. The average molecular weight is 229 g/mol. The molecule has 0 saturated carbocycles. The molecule has 0 bridgehead atoms. The van der Waals surface area contributed by atoms with Gasteiger partial charge in [0, 0.05) is 19.1 Å². The van der Waals surface area contributed by atoms with E-state index in [2.05, 4.69) is 32.6 Å². The van der Waals surface area contributed by atoms with Crippen molar-refractivity contribution in [1.82, 2.24) is 4.90 Å². The highest BCUT2D eigenvalue weighted by Gasteiger charge is 2.31. The monoisotopic (exact) mass is 229 g/mol. The van der Waals surface area contributed by atoms with Crippen LogP contribution in [-0.2, 0) is 4.74 Å². The number of morpholine rings is 1. The van der Waals surface area contributed by atoms with Crippen molar-refractivity contribution in [1.29, 1.82) is 0 Å². The molecule has 1 saturated heterocycles. The Balaban J connectivity index is 2.52. The van der Waals surface area contributed by atoms with Crippen LogP contribution in [0.15, 0.2) is 0 Å². The van der Waals surface area contributed by atoms with Crippen molar-refractivity contribution in [2.24, 2.45) is 5.92 Å². The van der Waals surface area contributed by atoms with Gasteiger partial charge in [0.25, 0.3) is 0 Å². The second-order valence-electron chi connectivity index (χ2n) is 5.07. The van der Waals surface area contributed by atoms with Crippen LogP contribution < -0.4 is 0 Å². The van der Waals surface area contributed by atoms with Crippen molar-refractivity contribution in [2.75, 3.05) is 19.7 Å². The summed E-state index contributed by atoms with van der Waals surface area (Å²) >= 11 is 0. The zero-order valence-electron chi connectivity index (χ0n) is 11.1. The fourth-order valence-corrected chi connectivity index (χ4v) is 2.45. The summed E-state index contributed by atoms with van der Waals surface area (Å²) in [5, 5.41) is 10.3. The van der Waals surface area contributed by atoms with Gasteiger partial charge in [-0.1, -0.05) is 26.7 Å². The van der Waals surface area contributed by atoms with Gasteiger partial charge in [0.15, 0.2) is 0 Å². The lowest BCUT2D eigenvalue weighted by molar-refractivity contribution is -0.111. The molecule has 0 aromatic heterocycles. The van der Waals surface area contributed by atoms with E-state index >= 15 is 0 Å². The maximum Gasteiger partial charge on any atom is 0.0963 e. The van der Waals surface area contributed by atoms with E-state index in [1.165, 1.54) is 0 Å². The van der Waals surface area contributed by atoms with Crippen LogP contribution in [0.1, 0.15) is 40.5 Å². The van der Waals surface area contributed by atoms with E-state index in [-0.39, 0.29) is 12.2 Å². The average Bonchev–Trinajstić information content (AvgIpc) is 2.30. The topological polar surface area (TPSA) is 32.7 Å². The molecule has 3 nitrogen and oxygen atoms in total. The summed E-state index contributed by atoms with van der Waals surface area (Å²) in [6, 6.07) is 0.542. The molecule has 0 radical (unpaired) electrons. The van der Waals surface area contributed by atoms with E-state index in [0.717, 1.165) is 32.5 Å². The Hall–Kier alpha value is -0.120. The van der Waals surface area contributed by atoms with Crippen molar-refractivity contribution >= 4 is 0 Å². The molecule has 0 aliphatic carbocycles. The van der Waals surface area contributed by atoms with Crippen molar-refractivity contribution in [3.63, 3.8) is 0 Å². The number of nitrogens with zero attached hydrogens (tertiary/aromatic N) is 1. The van der Waals surface area contributed by atoms with Crippen LogP contribution in [0.2, 0.25) is 0 Å². The van der Waals surface area contributed by atoms with Crippen LogP contribution in [-0.4, -0.2) is 48.0 Å². The van der Waals surface area contributed by atoms with E-state index in [1.54, 1.807) is 0 Å². The number of hydrogen-bond acceptors (Lipinski definition) is 3. The van der Waals surface area contributed by atoms with E-state index in [4.69, 9.17) is 4.74 Å². The van der Waals surface area contributed by atoms with Gasteiger partial charge in [0.2, 0.25) is 0 Å². The molecule has 3 heteroatoms. The zero-order valence-corrected chi connectivity index (χ0v) is 11.1. The zero-order chi connectivity index (χ0) is 12.1. The summed E-state index contributed by atoms with van der Waals surface area (Å²) in [7, 11) is 0. The fourth-order valence-electron chi connectivity index (χ4n) is 2.45. The summed E-state index contributed by atoms with van der Waals surface area (Å²) in [6.07, 6.45) is 1.75. The molecule has 2 unspecified atom stereocenters. The SMILES string of the molecule is CCC(CC)C(O)C1CN(C(C)C)CCO1. The summed E-state index contributed by atoms with van der Waals surface area (Å²) in [5.41, 5.74) is 0. The minimum absolute atomic E-state index is 0.000972. The van der Waals surface area contributed by atoms with Crippen molar-refractivity contribution in [3.05, 3.63) is 0 Å². The normalized spacial score (nSPS) is 25.3. The highest BCUT2D eigenvalue weighted by Crippen LogP contribution is 2.21. The second-order valence-corrected chi connectivity index (χ2v) is 5.07. The van der Waals surface area contributed by atoms with E-state index in [0.29, 0.717) is 12.0 Å². The highest BCUT2D eigenvalue weighted by atomic mass is 16.5. The van der Waals surface area contributed by atoms with Crippen LogP contribution in [0.5, 0.6) is 0 Å². The maximum absolute atomic E-state index is 10.3. The number of aliphatic hydroxyl groups is 1. The Kier molecular flexibility index (Phi) is 5.73. The standard InChI is InChI=1S/C13H27NO2/c1-5-11(6-2)13(15)12-9-14(10(3)4)7-8-16-12/h10-13,15H,5-9H2,1-4H3. The molecular weight excluding hydrogens is 202 g/mol. The maximum atomic E-state index is 10.3. The Morgan fingerprint density at radius 1 is 1.31 bits per heavy atom. The molecule has 96 valence electrons. The molecule has 1 fully saturated rings. The predicted octanol–water partition coefficient (Wildman–Crippen LogP) is 1.89. The first-order chi connectivity index (χ1) is 7.60. The van der Waals surface area contributed by atoms with Gasteiger partial charge in [-0.05, 0) is 19.8 Å². The quantitative estimate of drug-likeness (QED) is 0.781. The minimum atomic E-state index is -0.309. The summed E-state index contributed by atoms with van der Waals surface area (Å²) in [6.45, 7) is 11.3. The van der Waals surface area contributed by atoms with Gasteiger partial charge in [0.1, 0.15) is 0 Å². The molecule has 0 spiro atoms. The van der Waals surface area contributed by atoms with Crippen LogP contribution in [0, 0.1) is 5.92 Å². The molecule has 2 atom stereocenters. The first kappa shape index (κ1) is 13.9. The van der Waals surface area contributed by atoms with E-state index in [1.807, 2.05) is 0 Å². The van der Waals surface area contributed by atoms with Gasteiger partial charge in [-0.15, -0.1) is 0 Å². The second kappa shape index (κ2) is 6.58. The Morgan fingerprint density at radius 2 is 1.94 bits per heavy atom. The molecule has 1 aliphatic heterocycles. The van der Waals surface area contributed by atoms with Crippen molar-refractivity contribution in [2.45, 2.75) is 58.8 Å². The molecule has 0 aromatic carbocycles. The van der Waals surface area contributed by atoms with Crippen LogP contribution >= 0.6 is 0 Å². The molecule has 1 aliphatic rings. The molecule has 0 aromatic rings. The lowest BCUT2D eigenvalue weighted by Crippen LogP contribution is -2.51. The molecule has 1 rings (SSSR count). The molecule has 0 amide bonds. The smallest absolute Gasteiger partial charge is 0.0963 e. The molecule has 1 N–H and O–H groups in total. The van der Waals surface area contributed by atoms with Gasteiger partial charge >= 0.3 is 0 Å². The third-order valence-corrected chi connectivity index (χ3v) is 3.77. The molecule has 16 heavy (non-hydrogen) atoms. The number of ether oxygens (including phenoxy) is 1. The number of aliphatic hydroxyl groups excluding tert-OH is 1. The Bertz CT molecular complexity index is 192. The van der Waals surface area contributed by atoms with Crippen LogP contribution in [0.4, 0.5) is 0 Å². The van der Waals surface area contributed by atoms with E-state index < -0.39 is 0 Å². The summed E-state index contributed by atoms with van der Waals surface area (Å²) < 4.78 is 5.71. The van der Waals surface area contributed by atoms with Gasteiger partial charge < -0.3 is 9.84 Å². The first-order valence-electron chi connectivity index (χ1n) is 6.63. The lowest BCUT2D eigenvalue weighted by atomic mass is 9.92. The van der Waals surface area contributed by atoms with Crippen LogP contribution in [0.25, 0.3) is 0 Å². The fraction of sp³-hybridized carbons (Fsp3) is 1.00. The predicted molar refractivity (Wildman–Crippen MR) is 66.5 cm³/mol. The highest BCUT2D eigenvalue weighted by molar-refractivity contribution is 4.82. The largest absolute Gasteiger partial charge is 0.390 e. The minimum Gasteiger partial charge on any atom is -0.390 e.